The molecule has 6 N–H and O–H groups in total. The van der Waals surface area contributed by atoms with Crippen LogP contribution in [0.4, 0.5) is 9.59 Å². The second kappa shape index (κ2) is 17.4. The van der Waals surface area contributed by atoms with Crippen LogP contribution in [0.15, 0.2) is 0 Å². The SMILES string of the molecule is C1CCOC1.NNC(=O)[O-].NNC(=O)[O-].[Eu+2]. The van der Waals surface area contributed by atoms with Crippen LogP contribution < -0.4 is 32.7 Å². The molecule has 0 spiro atoms. The Kier molecular flexibility index (Phi) is 23.2. The third-order valence-corrected chi connectivity index (χ3v) is 1.06. The molecular weight excluding hydrogens is 360 g/mol. The number of rotatable bonds is 0. The first-order valence-electron chi connectivity index (χ1n) is 3.97. The Balaban J connectivity index is -0.000000154. The van der Waals surface area contributed by atoms with E-state index in [4.69, 9.17) is 24.5 Å². The van der Waals surface area contributed by atoms with Crippen molar-refractivity contribution in [2.75, 3.05) is 13.2 Å². The molecule has 1 heterocycles. The number of hydrazine groups is 2. The topological polar surface area (TPSA) is 166 Å². The quantitative estimate of drug-likeness (QED) is 0.193. The fraction of sp³-hybridized carbons (Fsp3) is 0.667. The fourth-order valence-electron chi connectivity index (χ4n) is 0.510. The normalized spacial score (nSPS) is 11.6. The molecule has 1 radical (unpaired) electrons. The summed E-state index contributed by atoms with van der Waals surface area (Å²) >= 11 is 0. The molecule has 0 aromatic heterocycles. The van der Waals surface area contributed by atoms with Crippen LogP contribution in [0.25, 0.3) is 0 Å². The number of carboxylic acid groups (broad SMARTS) is 2. The molecule has 1 saturated heterocycles. The summed E-state index contributed by atoms with van der Waals surface area (Å²) in [7, 11) is 0. The van der Waals surface area contributed by atoms with E-state index in [9.17, 15) is 0 Å². The van der Waals surface area contributed by atoms with E-state index in [0.29, 0.717) is 0 Å². The van der Waals surface area contributed by atoms with Gasteiger partial charge in [0, 0.05) is 13.2 Å². The van der Waals surface area contributed by atoms with E-state index in [-0.39, 0.29) is 49.4 Å². The van der Waals surface area contributed by atoms with Gasteiger partial charge in [-0.1, -0.05) is 0 Å². The van der Waals surface area contributed by atoms with Crippen molar-refractivity contribution in [3.05, 3.63) is 0 Å². The van der Waals surface area contributed by atoms with Gasteiger partial charge in [0.05, 0.1) is 0 Å². The van der Waals surface area contributed by atoms with Gasteiger partial charge in [-0.3, -0.25) is 0 Å². The van der Waals surface area contributed by atoms with E-state index in [1.165, 1.54) is 23.7 Å². The van der Waals surface area contributed by atoms with Crippen molar-refractivity contribution >= 4 is 12.2 Å². The Morgan fingerprint density at radius 1 is 1.00 bits per heavy atom. The second-order valence-electron chi connectivity index (χ2n) is 2.18. The van der Waals surface area contributed by atoms with Crippen LogP contribution in [0.1, 0.15) is 12.8 Å². The third kappa shape index (κ3) is 29.2. The van der Waals surface area contributed by atoms with Crippen LogP contribution in [0, 0.1) is 49.4 Å². The van der Waals surface area contributed by atoms with Crippen LogP contribution in [-0.4, -0.2) is 25.4 Å². The van der Waals surface area contributed by atoms with Crippen LogP contribution in [0.3, 0.4) is 0 Å². The third-order valence-electron chi connectivity index (χ3n) is 1.06. The number of amides is 2. The van der Waals surface area contributed by atoms with Gasteiger partial charge in [-0.2, -0.15) is 0 Å². The van der Waals surface area contributed by atoms with Gasteiger partial charge in [-0.25, -0.2) is 11.7 Å². The number of carbonyl (C=O) groups is 2. The van der Waals surface area contributed by atoms with E-state index >= 15 is 0 Å². The predicted molar refractivity (Wildman–Crippen MR) is 45.5 cm³/mol. The number of hydrogen-bond donors (Lipinski definition) is 4. The molecule has 0 aliphatic carbocycles. The van der Waals surface area contributed by atoms with Crippen molar-refractivity contribution in [2.24, 2.45) is 11.7 Å². The summed E-state index contributed by atoms with van der Waals surface area (Å²) in [6.45, 7) is 2.00. The van der Waals surface area contributed by atoms with Crippen molar-refractivity contribution in [1.29, 1.82) is 0 Å². The minimum absolute atomic E-state index is 0. The minimum Gasteiger partial charge on any atom is -0.529 e. The molecule has 0 atom stereocenters. The fourth-order valence-corrected chi connectivity index (χ4v) is 0.510. The number of nitrogens with two attached hydrogens (primary N) is 2. The van der Waals surface area contributed by atoms with Gasteiger partial charge in [0.2, 0.25) is 0 Å². The van der Waals surface area contributed by atoms with Crippen LogP contribution in [0.5, 0.6) is 0 Å². The minimum atomic E-state index is -1.47. The first kappa shape index (κ1) is 21.3. The first-order valence-corrected chi connectivity index (χ1v) is 3.97. The molecule has 1 rings (SSSR count). The monoisotopic (exact) mass is 375 g/mol. The van der Waals surface area contributed by atoms with Crippen LogP contribution in [0.2, 0.25) is 0 Å². The molecule has 2 amide bonds. The molecule has 16 heavy (non-hydrogen) atoms. The number of hydrogen-bond acceptors (Lipinski definition) is 7. The summed E-state index contributed by atoms with van der Waals surface area (Å²) in [5.41, 5.74) is 2.67. The van der Waals surface area contributed by atoms with E-state index in [1.807, 2.05) is 0 Å². The molecular formula is C6H14EuN4O5. The summed E-state index contributed by atoms with van der Waals surface area (Å²) in [5, 5.41) is 18.0. The molecule has 95 valence electrons. The number of ether oxygens (including phenoxy) is 1. The van der Waals surface area contributed by atoms with Gasteiger partial charge >= 0.3 is 49.4 Å². The summed E-state index contributed by atoms with van der Waals surface area (Å²) in [6, 6.07) is 0. The molecule has 10 heteroatoms. The Bertz CT molecular complexity index is 157. The second-order valence-corrected chi connectivity index (χ2v) is 2.18. The van der Waals surface area contributed by atoms with Crippen molar-refractivity contribution in [3.63, 3.8) is 0 Å². The van der Waals surface area contributed by atoms with Crippen molar-refractivity contribution < 1.29 is 73.9 Å². The van der Waals surface area contributed by atoms with Crippen molar-refractivity contribution in [3.8, 4) is 0 Å². The Hall–Kier alpha value is 0.00442. The van der Waals surface area contributed by atoms with E-state index in [1.54, 1.807) is 0 Å². The zero-order valence-corrected chi connectivity index (χ0v) is 10.8. The predicted octanol–water partition coefficient (Wildman–Crippen LogP) is -3.62. The Morgan fingerprint density at radius 2 is 1.25 bits per heavy atom. The van der Waals surface area contributed by atoms with Crippen molar-refractivity contribution in [1.82, 2.24) is 10.9 Å². The summed E-state index contributed by atoms with van der Waals surface area (Å²) in [6.07, 6.45) is -0.380. The molecule has 0 aromatic carbocycles. The molecule has 9 nitrogen and oxygen atoms in total. The van der Waals surface area contributed by atoms with Gasteiger partial charge in [-0.15, -0.1) is 0 Å². The van der Waals surface area contributed by atoms with E-state index in [0.717, 1.165) is 13.2 Å². The zero-order valence-electron chi connectivity index (χ0n) is 8.40. The number of carbonyl (C=O) groups excluding carboxylic acids is 2. The molecule has 1 fully saturated rings. The molecule has 0 saturated carbocycles. The number of nitrogens with one attached hydrogen (secondary N) is 2. The van der Waals surface area contributed by atoms with Gasteiger partial charge < -0.3 is 35.4 Å². The van der Waals surface area contributed by atoms with Crippen molar-refractivity contribution in [2.45, 2.75) is 12.8 Å². The Morgan fingerprint density at radius 3 is 1.31 bits per heavy atom. The molecule has 0 bridgehead atoms. The van der Waals surface area contributed by atoms with E-state index in [2.05, 4.69) is 11.7 Å². The summed E-state index contributed by atoms with van der Waals surface area (Å²) in [4.78, 5) is 18.0. The molecule has 0 aromatic rings. The standard InChI is InChI=1S/C4H8O.2CH4N2O2.Eu/c1-2-4-5-3-1;2*2-3-1(4)5;/h1-4H2;2*3H,2H2,(H,4,5);/q;;;+2/p-2. The molecule has 1 aliphatic rings. The molecule has 0 unspecified atom stereocenters. The summed E-state index contributed by atoms with van der Waals surface area (Å²) in [5.74, 6) is 8.52. The van der Waals surface area contributed by atoms with Crippen LogP contribution in [-0.2, 0) is 4.74 Å². The summed E-state index contributed by atoms with van der Waals surface area (Å²) < 4.78 is 4.94. The van der Waals surface area contributed by atoms with Gasteiger partial charge in [0.1, 0.15) is 12.2 Å². The van der Waals surface area contributed by atoms with Gasteiger partial charge in [-0.05, 0) is 12.8 Å². The first-order chi connectivity index (χ1) is 7.04. The smallest absolute Gasteiger partial charge is 0.529 e. The van der Waals surface area contributed by atoms with Gasteiger partial charge in [0.15, 0.2) is 0 Å². The maximum absolute atomic E-state index is 9.02. The van der Waals surface area contributed by atoms with Crippen LogP contribution >= 0.6 is 0 Å². The van der Waals surface area contributed by atoms with Gasteiger partial charge in [0.25, 0.3) is 0 Å². The largest absolute Gasteiger partial charge is 2.00 e. The maximum atomic E-state index is 9.02. The Labute approximate surface area is 133 Å². The average molecular weight is 374 g/mol. The van der Waals surface area contributed by atoms with E-state index < -0.39 is 12.2 Å². The molecule has 1 aliphatic heterocycles. The zero-order chi connectivity index (χ0) is 12.1. The average Bonchev–Trinajstić information content (AvgIpc) is 2.76. The maximum Gasteiger partial charge on any atom is 2.00 e.